The summed E-state index contributed by atoms with van der Waals surface area (Å²) in [7, 11) is 1.70. The molecule has 3 nitrogen and oxygen atoms in total. The Morgan fingerprint density at radius 3 is 2.16 bits per heavy atom. The van der Waals surface area contributed by atoms with Crippen molar-refractivity contribution < 1.29 is 9.47 Å². The van der Waals surface area contributed by atoms with Crippen molar-refractivity contribution in [3.05, 3.63) is 40.7 Å². The molecule has 2 aromatic rings. The van der Waals surface area contributed by atoms with Gasteiger partial charge in [0.25, 0.3) is 0 Å². The molecule has 0 N–H and O–H groups in total. The lowest BCUT2D eigenvalue weighted by molar-refractivity contribution is -0.588. The largest absolute Gasteiger partial charge is 0.618 e. The van der Waals surface area contributed by atoms with Gasteiger partial charge in [-0.3, -0.25) is 0 Å². The molecule has 2 saturated carbocycles. The molecule has 25 heavy (non-hydrogen) atoms. The van der Waals surface area contributed by atoms with Gasteiger partial charge >= 0.3 is 0 Å². The number of pyridine rings is 1. The third-order valence-electron chi connectivity index (χ3n) is 6.34. The van der Waals surface area contributed by atoms with Gasteiger partial charge in [-0.2, -0.15) is 4.73 Å². The Bertz CT molecular complexity index is 743. The van der Waals surface area contributed by atoms with Crippen LogP contribution in [0.4, 0.5) is 0 Å². The molecule has 3 heteroatoms. The Hall–Kier alpha value is -1.77. The van der Waals surface area contributed by atoms with Crippen molar-refractivity contribution in [3.8, 4) is 5.75 Å². The van der Waals surface area contributed by atoms with E-state index in [4.69, 9.17) is 4.74 Å². The van der Waals surface area contributed by atoms with Gasteiger partial charge in [0, 0.05) is 18.1 Å². The first-order chi connectivity index (χ1) is 12.3. The predicted octanol–water partition coefficient (Wildman–Crippen LogP) is 5.58. The van der Waals surface area contributed by atoms with Gasteiger partial charge in [0.05, 0.1) is 12.5 Å². The smallest absolute Gasteiger partial charge is 0.224 e. The summed E-state index contributed by atoms with van der Waals surface area (Å²) in [6.45, 7) is 0. The number of rotatable bonds is 3. The highest BCUT2D eigenvalue weighted by Gasteiger charge is 2.28. The van der Waals surface area contributed by atoms with E-state index < -0.39 is 0 Å². The van der Waals surface area contributed by atoms with Crippen LogP contribution < -0.4 is 9.47 Å². The van der Waals surface area contributed by atoms with Crippen LogP contribution in [0.2, 0.25) is 0 Å². The maximum Gasteiger partial charge on any atom is 0.224 e. The lowest BCUT2D eigenvalue weighted by Gasteiger charge is -2.26. The zero-order valence-electron chi connectivity index (χ0n) is 15.3. The number of fused-ring (bicyclic) bond motifs is 1. The fourth-order valence-electron chi connectivity index (χ4n) is 4.92. The minimum atomic E-state index is 0.431. The molecule has 0 amide bonds. The van der Waals surface area contributed by atoms with Gasteiger partial charge in [-0.1, -0.05) is 38.5 Å². The van der Waals surface area contributed by atoms with Gasteiger partial charge in [-0.25, -0.2) is 0 Å². The molecule has 0 atom stereocenters. The molecule has 1 heterocycles. The fraction of sp³-hybridized carbons (Fsp3) is 0.591. The Morgan fingerprint density at radius 2 is 1.52 bits per heavy atom. The first-order valence-electron chi connectivity index (χ1n) is 10.0. The number of methoxy groups -OCH3 is 1. The molecule has 2 fully saturated rings. The number of ether oxygens (including phenoxy) is 1. The topological polar surface area (TPSA) is 36.2 Å². The summed E-state index contributed by atoms with van der Waals surface area (Å²) in [5.74, 6) is 1.86. The van der Waals surface area contributed by atoms with Crippen LogP contribution in [0.3, 0.4) is 0 Å². The molecule has 0 saturated heterocycles. The molecule has 0 aliphatic heterocycles. The molecule has 0 unspecified atom stereocenters. The van der Waals surface area contributed by atoms with Crippen molar-refractivity contribution in [2.24, 2.45) is 0 Å². The van der Waals surface area contributed by atoms with E-state index >= 15 is 0 Å². The first kappa shape index (κ1) is 16.7. The maximum atomic E-state index is 13.1. The van der Waals surface area contributed by atoms with E-state index in [0.29, 0.717) is 11.8 Å². The minimum Gasteiger partial charge on any atom is -0.618 e. The van der Waals surface area contributed by atoms with Crippen molar-refractivity contribution in [2.45, 2.75) is 76.0 Å². The molecule has 2 aliphatic carbocycles. The molecule has 134 valence electrons. The lowest BCUT2D eigenvalue weighted by atomic mass is 9.80. The van der Waals surface area contributed by atoms with Crippen LogP contribution in [-0.2, 0) is 0 Å². The number of benzene rings is 1. The Morgan fingerprint density at radius 1 is 0.880 bits per heavy atom. The van der Waals surface area contributed by atoms with Gasteiger partial charge in [0.1, 0.15) is 5.75 Å². The summed E-state index contributed by atoms with van der Waals surface area (Å²) in [5, 5.41) is 14.2. The van der Waals surface area contributed by atoms with Crippen molar-refractivity contribution in [1.29, 1.82) is 0 Å². The van der Waals surface area contributed by atoms with E-state index in [2.05, 4.69) is 12.1 Å². The van der Waals surface area contributed by atoms with Crippen molar-refractivity contribution in [3.63, 3.8) is 0 Å². The average Bonchev–Trinajstić information content (AvgIpc) is 2.69. The van der Waals surface area contributed by atoms with Crippen LogP contribution in [0.25, 0.3) is 10.9 Å². The second kappa shape index (κ2) is 7.23. The summed E-state index contributed by atoms with van der Waals surface area (Å²) in [5.41, 5.74) is 3.23. The summed E-state index contributed by atoms with van der Waals surface area (Å²) >= 11 is 0. The first-order valence-corrected chi connectivity index (χ1v) is 10.0. The standard InChI is InChI=1S/C22H29NO2/c1-25-18-12-13-21-20(14-18)19(16-8-4-2-5-9-16)15-22(23(21)24)17-10-6-3-7-11-17/h12-17H,2-11H2,1H3. The number of aromatic nitrogens is 1. The van der Waals surface area contributed by atoms with Gasteiger partial charge in [0.2, 0.25) is 5.52 Å². The Labute approximate surface area is 150 Å². The number of hydrogen-bond donors (Lipinski definition) is 0. The van der Waals surface area contributed by atoms with E-state index in [1.807, 2.05) is 12.1 Å². The van der Waals surface area contributed by atoms with Crippen molar-refractivity contribution in [1.82, 2.24) is 0 Å². The normalized spacial score (nSPS) is 20.0. The molecule has 1 aromatic heterocycles. The average molecular weight is 339 g/mol. The monoisotopic (exact) mass is 339 g/mol. The van der Waals surface area contributed by atoms with E-state index in [1.54, 1.807) is 7.11 Å². The number of nitrogens with zero attached hydrogens (tertiary/aromatic N) is 1. The highest BCUT2D eigenvalue weighted by Crippen LogP contribution is 2.39. The van der Waals surface area contributed by atoms with Gasteiger partial charge < -0.3 is 9.94 Å². The summed E-state index contributed by atoms with van der Waals surface area (Å²) in [6.07, 6.45) is 12.6. The molecule has 0 radical (unpaired) electrons. The second-order valence-corrected chi connectivity index (χ2v) is 7.87. The van der Waals surface area contributed by atoms with Crippen LogP contribution in [-0.4, -0.2) is 7.11 Å². The fourth-order valence-corrected chi connectivity index (χ4v) is 4.92. The lowest BCUT2D eigenvalue weighted by Crippen LogP contribution is -2.35. The summed E-state index contributed by atoms with van der Waals surface area (Å²) < 4.78 is 6.66. The molecule has 2 aliphatic rings. The molecule has 4 rings (SSSR count). The van der Waals surface area contributed by atoms with E-state index in [0.717, 1.165) is 35.2 Å². The van der Waals surface area contributed by atoms with Crippen molar-refractivity contribution in [2.75, 3.05) is 7.11 Å². The quantitative estimate of drug-likeness (QED) is 0.541. The minimum absolute atomic E-state index is 0.431. The van der Waals surface area contributed by atoms with Crippen LogP contribution >= 0.6 is 0 Å². The highest BCUT2D eigenvalue weighted by molar-refractivity contribution is 5.82. The van der Waals surface area contributed by atoms with Crippen LogP contribution in [0.5, 0.6) is 5.75 Å². The third-order valence-corrected chi connectivity index (χ3v) is 6.34. The van der Waals surface area contributed by atoms with Crippen molar-refractivity contribution >= 4 is 10.9 Å². The number of hydrogen-bond acceptors (Lipinski definition) is 2. The van der Waals surface area contributed by atoms with Crippen LogP contribution in [0.15, 0.2) is 24.3 Å². The Balaban J connectivity index is 1.87. The third kappa shape index (κ3) is 3.21. The zero-order valence-corrected chi connectivity index (χ0v) is 15.3. The van der Waals surface area contributed by atoms with Gasteiger partial charge in [-0.05, 0) is 49.3 Å². The predicted molar refractivity (Wildman–Crippen MR) is 101 cm³/mol. The summed E-state index contributed by atoms with van der Waals surface area (Å²) in [4.78, 5) is 0. The summed E-state index contributed by atoms with van der Waals surface area (Å²) in [6, 6.07) is 8.21. The molecule has 0 bridgehead atoms. The second-order valence-electron chi connectivity index (χ2n) is 7.87. The van der Waals surface area contributed by atoms with Crippen LogP contribution in [0.1, 0.15) is 87.3 Å². The zero-order chi connectivity index (χ0) is 17.2. The molecular formula is C22H29NO2. The molecular weight excluding hydrogens is 310 g/mol. The highest BCUT2D eigenvalue weighted by atomic mass is 16.5. The molecule has 1 aromatic carbocycles. The van der Waals surface area contributed by atoms with Crippen LogP contribution in [0, 0.1) is 5.21 Å². The maximum absolute atomic E-state index is 13.1. The Kier molecular flexibility index (Phi) is 4.82. The van der Waals surface area contributed by atoms with Gasteiger partial charge in [-0.15, -0.1) is 0 Å². The van der Waals surface area contributed by atoms with Gasteiger partial charge in [0.15, 0.2) is 5.69 Å². The molecule has 0 spiro atoms. The van der Waals surface area contributed by atoms with E-state index in [9.17, 15) is 5.21 Å². The van der Waals surface area contributed by atoms with E-state index in [-0.39, 0.29) is 0 Å². The SMILES string of the molecule is COc1ccc2c(c1)c(C1CCCCC1)cc(C1CCCCC1)[n+]2[O-]. The van der Waals surface area contributed by atoms with E-state index in [1.165, 1.54) is 61.7 Å².